The van der Waals surface area contributed by atoms with E-state index in [4.69, 9.17) is 13.8 Å². The van der Waals surface area contributed by atoms with Gasteiger partial charge in [0.2, 0.25) is 5.95 Å². The van der Waals surface area contributed by atoms with E-state index in [1.807, 2.05) is 0 Å². The minimum atomic E-state index is -3.81. The number of aliphatic hydroxyl groups is 1. The average Bonchev–Trinajstić information content (AvgIpc) is 3.28. The van der Waals surface area contributed by atoms with E-state index in [-0.39, 0.29) is 34.6 Å². The van der Waals surface area contributed by atoms with Crippen molar-refractivity contribution in [2.45, 2.75) is 38.0 Å². The number of nitrogens with zero attached hydrogens (tertiary/aromatic N) is 4. The first-order chi connectivity index (χ1) is 15.9. The molecule has 34 heavy (non-hydrogen) atoms. The lowest BCUT2D eigenvalue weighted by Crippen LogP contribution is -2.44. The first kappa shape index (κ1) is 26.7. The maximum Gasteiger partial charge on any atom is 0.407 e. The lowest BCUT2D eigenvalue weighted by molar-refractivity contribution is -0.109. The number of carbonyl (C=O) groups excluding carboxylic acids is 1. The number of aromatic amines is 1. The van der Waals surface area contributed by atoms with E-state index in [9.17, 15) is 19.3 Å². The number of alkyl halides is 1. The van der Waals surface area contributed by atoms with Gasteiger partial charge in [-0.25, -0.2) is 18.6 Å². The number of rotatable bonds is 10. The number of halogens is 1. The molecule has 0 aliphatic carbocycles. The minimum Gasteiger partial charge on any atom is -0.384 e. The summed E-state index contributed by atoms with van der Waals surface area (Å²) in [5, 5.41) is 13.4. The number of fused-ring (bicyclic) bond motifs is 1. The predicted molar refractivity (Wildman–Crippen MR) is 123 cm³/mol. The smallest absolute Gasteiger partial charge is 0.384 e. The number of imidazole rings is 1. The van der Waals surface area contributed by atoms with Gasteiger partial charge in [-0.3, -0.25) is 28.2 Å². The summed E-state index contributed by atoms with van der Waals surface area (Å²) in [5.74, 6) is 0.420. The number of ether oxygens (including phenoxy) is 1. The van der Waals surface area contributed by atoms with Crippen molar-refractivity contribution >= 4 is 41.7 Å². The van der Waals surface area contributed by atoms with Crippen molar-refractivity contribution in [3.05, 3.63) is 16.7 Å². The Morgan fingerprint density at radius 1 is 1.50 bits per heavy atom. The molecular formula is C18H28FN6O7PS. The molecule has 0 spiro atoms. The van der Waals surface area contributed by atoms with E-state index in [0.29, 0.717) is 0 Å². The molecule has 2 aromatic rings. The molecule has 13 nitrogen and oxygen atoms in total. The summed E-state index contributed by atoms with van der Waals surface area (Å²) in [4.78, 5) is 33.9. The molecule has 0 amide bonds. The van der Waals surface area contributed by atoms with Gasteiger partial charge in [0.05, 0.1) is 19.5 Å². The Morgan fingerprint density at radius 3 is 2.82 bits per heavy atom. The van der Waals surface area contributed by atoms with Gasteiger partial charge in [0, 0.05) is 19.7 Å². The van der Waals surface area contributed by atoms with E-state index < -0.39 is 44.0 Å². The second-order valence-electron chi connectivity index (χ2n) is 7.92. The number of hydrogen-bond donors (Lipinski definition) is 3. The average molecular weight is 522 g/mol. The molecule has 0 radical (unpaired) electrons. The molecule has 1 saturated heterocycles. The van der Waals surface area contributed by atoms with Crippen LogP contribution in [0.4, 0.5) is 10.3 Å². The van der Waals surface area contributed by atoms with Crippen LogP contribution in [-0.2, 0) is 23.1 Å². The Kier molecular flexibility index (Phi) is 8.18. The Balaban J connectivity index is 1.78. The normalized spacial score (nSPS) is 26.8. The van der Waals surface area contributed by atoms with Gasteiger partial charge in [-0.15, -0.1) is 0 Å². The SMILES string of the molecule is CNc1nc2c(ncn2[C@@H]2O[C@H](COP(=O)(OCCSC(C)=O)N(C)C)C(C)(O)[C@@H]2F)c(=O)[nH]1. The van der Waals surface area contributed by atoms with Crippen LogP contribution in [0.3, 0.4) is 0 Å². The van der Waals surface area contributed by atoms with Gasteiger partial charge >= 0.3 is 7.75 Å². The van der Waals surface area contributed by atoms with Crippen LogP contribution >= 0.6 is 19.5 Å². The van der Waals surface area contributed by atoms with Crippen LogP contribution in [0.2, 0.25) is 0 Å². The quantitative estimate of drug-likeness (QED) is 0.302. The van der Waals surface area contributed by atoms with Crippen molar-refractivity contribution < 1.29 is 32.6 Å². The van der Waals surface area contributed by atoms with E-state index in [1.165, 1.54) is 43.5 Å². The molecule has 190 valence electrons. The Bertz CT molecular complexity index is 1140. The minimum absolute atomic E-state index is 0.0228. The van der Waals surface area contributed by atoms with Gasteiger partial charge in [0.25, 0.3) is 5.56 Å². The number of hydrogen-bond acceptors (Lipinski definition) is 11. The molecule has 16 heteroatoms. The van der Waals surface area contributed by atoms with Crippen LogP contribution in [0, 0.1) is 0 Å². The zero-order chi connectivity index (χ0) is 25.3. The highest BCUT2D eigenvalue weighted by Crippen LogP contribution is 2.51. The third-order valence-corrected chi connectivity index (χ3v) is 7.97. The van der Waals surface area contributed by atoms with Crippen molar-refractivity contribution in [1.82, 2.24) is 24.2 Å². The topological polar surface area (TPSA) is 161 Å². The van der Waals surface area contributed by atoms with Gasteiger partial charge in [0.1, 0.15) is 11.7 Å². The van der Waals surface area contributed by atoms with Gasteiger partial charge in [-0.1, -0.05) is 11.8 Å². The molecule has 3 rings (SSSR count). The largest absolute Gasteiger partial charge is 0.407 e. The standard InChI is InChI=1S/C18H28FN6O7PS/c1-10(26)34-7-6-30-33(29,24(4)5)31-8-11-18(2,28)13(19)16(32-11)25-9-21-12-14(25)22-17(20-3)23-15(12)27/h9,11,13,16,28H,6-8H2,1-5H3,(H2,20,22,23,27)/t11-,13-,16-,18?,33?/m1/s1. The van der Waals surface area contributed by atoms with Gasteiger partial charge in [-0.05, 0) is 21.0 Å². The third-order valence-electron chi connectivity index (χ3n) is 5.23. The fourth-order valence-corrected chi connectivity index (χ4v) is 5.01. The molecule has 1 aliphatic rings. The number of carbonyl (C=O) groups is 1. The highest BCUT2D eigenvalue weighted by Gasteiger charge is 2.55. The van der Waals surface area contributed by atoms with Crippen LogP contribution < -0.4 is 10.9 Å². The van der Waals surface area contributed by atoms with Crippen LogP contribution in [0.1, 0.15) is 20.1 Å². The second kappa shape index (κ2) is 10.4. The highest BCUT2D eigenvalue weighted by atomic mass is 32.2. The summed E-state index contributed by atoms with van der Waals surface area (Å²) < 4.78 is 47.5. The Hall–Kier alpha value is -1.87. The number of aromatic nitrogens is 4. The summed E-state index contributed by atoms with van der Waals surface area (Å²) in [5.41, 5.74) is -2.53. The van der Waals surface area contributed by atoms with Crippen molar-refractivity contribution in [2.24, 2.45) is 0 Å². The fourth-order valence-electron chi connectivity index (χ4n) is 3.25. The Morgan fingerprint density at radius 2 is 2.21 bits per heavy atom. The van der Waals surface area contributed by atoms with Crippen LogP contribution in [0.15, 0.2) is 11.1 Å². The zero-order valence-electron chi connectivity index (χ0n) is 19.3. The zero-order valence-corrected chi connectivity index (χ0v) is 21.1. The number of nitrogens with one attached hydrogen (secondary N) is 2. The van der Waals surface area contributed by atoms with Crippen molar-refractivity contribution in [2.75, 3.05) is 45.4 Å². The molecule has 0 bridgehead atoms. The number of anilines is 1. The van der Waals surface area contributed by atoms with Crippen molar-refractivity contribution in [1.29, 1.82) is 0 Å². The van der Waals surface area contributed by atoms with Crippen LogP contribution in [-0.4, -0.2) is 92.4 Å². The van der Waals surface area contributed by atoms with Crippen molar-refractivity contribution in [3.8, 4) is 0 Å². The highest BCUT2D eigenvalue weighted by molar-refractivity contribution is 8.13. The first-order valence-electron chi connectivity index (χ1n) is 10.3. The molecule has 1 aliphatic heterocycles. The summed E-state index contributed by atoms with van der Waals surface area (Å²) in [7, 11) is 0.706. The lowest BCUT2D eigenvalue weighted by Gasteiger charge is -2.28. The van der Waals surface area contributed by atoms with E-state index in [0.717, 1.165) is 11.8 Å². The molecule has 3 N–H and O–H groups in total. The van der Waals surface area contributed by atoms with Gasteiger partial charge in [0.15, 0.2) is 28.7 Å². The molecule has 2 unspecified atom stereocenters. The maximum atomic E-state index is 15.3. The molecular weight excluding hydrogens is 494 g/mol. The molecule has 1 fully saturated rings. The van der Waals surface area contributed by atoms with E-state index in [2.05, 4.69) is 20.3 Å². The van der Waals surface area contributed by atoms with E-state index in [1.54, 1.807) is 7.05 Å². The summed E-state index contributed by atoms with van der Waals surface area (Å²) in [6.45, 7) is 2.16. The summed E-state index contributed by atoms with van der Waals surface area (Å²) in [6.07, 6.45) is -3.37. The van der Waals surface area contributed by atoms with E-state index >= 15 is 4.39 Å². The third kappa shape index (κ3) is 5.35. The lowest BCUT2D eigenvalue weighted by atomic mass is 9.96. The first-order valence-corrected chi connectivity index (χ1v) is 12.8. The number of H-pyrrole nitrogens is 1. The molecule has 0 aromatic carbocycles. The molecule has 0 saturated carbocycles. The summed E-state index contributed by atoms with van der Waals surface area (Å²) >= 11 is 1.01. The Labute approximate surface area is 199 Å². The van der Waals surface area contributed by atoms with Gasteiger partial charge < -0.3 is 15.2 Å². The molecule has 5 atom stereocenters. The molecule has 3 heterocycles. The number of thioether (sulfide) groups is 1. The van der Waals surface area contributed by atoms with Crippen LogP contribution in [0.5, 0.6) is 0 Å². The monoisotopic (exact) mass is 522 g/mol. The van der Waals surface area contributed by atoms with Gasteiger partial charge in [-0.2, -0.15) is 4.98 Å². The van der Waals surface area contributed by atoms with Crippen LogP contribution in [0.25, 0.3) is 11.2 Å². The summed E-state index contributed by atoms with van der Waals surface area (Å²) in [6, 6.07) is 0. The fraction of sp³-hybridized carbons (Fsp3) is 0.667. The maximum absolute atomic E-state index is 15.3. The predicted octanol–water partition coefficient (Wildman–Crippen LogP) is 1.13. The second-order valence-corrected chi connectivity index (χ2v) is 11.4. The van der Waals surface area contributed by atoms with Crippen molar-refractivity contribution in [3.63, 3.8) is 0 Å². The molecule has 2 aromatic heterocycles.